The van der Waals surface area contributed by atoms with Gasteiger partial charge in [0.25, 0.3) is 0 Å². The van der Waals surface area contributed by atoms with Gasteiger partial charge in [-0.05, 0) is 42.6 Å². The molecule has 1 aromatic carbocycles. The van der Waals surface area contributed by atoms with E-state index in [1.54, 1.807) is 26.2 Å². The van der Waals surface area contributed by atoms with E-state index in [4.69, 9.17) is 9.47 Å². The third-order valence-corrected chi connectivity index (χ3v) is 12.1. The number of likely N-dealkylation sites (tertiary alicyclic amines) is 1. The molecule has 0 aliphatic carbocycles. The summed E-state index contributed by atoms with van der Waals surface area (Å²) in [6.45, 7) is 17.9. The number of rotatable bonds is 22. The second-order valence-electron chi connectivity index (χ2n) is 16.8. The van der Waals surface area contributed by atoms with Gasteiger partial charge in [-0.15, -0.1) is 0 Å². The van der Waals surface area contributed by atoms with E-state index in [1.807, 2.05) is 69.9 Å². The summed E-state index contributed by atoms with van der Waals surface area (Å²) in [5.74, 6) is -1.44. The minimum Gasteiger partial charge on any atom is -0.396 e. The summed E-state index contributed by atoms with van der Waals surface area (Å²) < 4.78 is 12.0. The summed E-state index contributed by atoms with van der Waals surface area (Å²) in [5.41, 5.74) is 1.09. The van der Waals surface area contributed by atoms with Crippen LogP contribution in [-0.2, 0) is 35.1 Å². The fourth-order valence-electron chi connectivity index (χ4n) is 8.68. The van der Waals surface area contributed by atoms with Crippen LogP contribution in [0.5, 0.6) is 0 Å². The highest BCUT2D eigenvalue weighted by Crippen LogP contribution is 2.30. The van der Waals surface area contributed by atoms with Gasteiger partial charge in [-0.2, -0.15) is 0 Å². The summed E-state index contributed by atoms with van der Waals surface area (Å²) in [6.07, 6.45) is 1.77. The van der Waals surface area contributed by atoms with Gasteiger partial charge in [0.2, 0.25) is 23.6 Å². The summed E-state index contributed by atoms with van der Waals surface area (Å²) in [6, 6.07) is 8.04. The van der Waals surface area contributed by atoms with Crippen LogP contribution in [0.15, 0.2) is 30.3 Å². The molecule has 2 aliphatic heterocycles. The molecule has 9 atom stereocenters. The van der Waals surface area contributed by atoms with Crippen LogP contribution in [0.2, 0.25) is 0 Å². The van der Waals surface area contributed by atoms with Crippen LogP contribution in [0.4, 0.5) is 0 Å². The van der Waals surface area contributed by atoms with Crippen molar-refractivity contribution in [3.05, 3.63) is 35.9 Å². The predicted molar refractivity (Wildman–Crippen MR) is 220 cm³/mol. The van der Waals surface area contributed by atoms with Crippen molar-refractivity contribution in [2.45, 2.75) is 117 Å². The number of piperazine rings is 1. The number of carbonyl (C=O) groups excluding carboxylic acids is 4. The number of hydrogen-bond donors (Lipinski definition) is 4. The molecule has 1 aromatic rings. The Bertz CT molecular complexity index is 1360. The Hall–Kier alpha value is -3.10. The molecule has 2 saturated heterocycles. The number of aliphatic hydroxyl groups excluding tert-OH is 1. The zero-order valence-electron chi connectivity index (χ0n) is 36.0. The molecule has 2 fully saturated rings. The molecule has 13 nitrogen and oxygen atoms in total. The number of ether oxygens (including phenoxy) is 2. The van der Waals surface area contributed by atoms with Gasteiger partial charge in [0.15, 0.2) is 0 Å². The van der Waals surface area contributed by atoms with E-state index in [-0.39, 0.29) is 72.4 Å². The lowest BCUT2D eigenvalue weighted by atomic mass is 9.89. The monoisotopic (exact) mass is 787 g/mol. The molecule has 0 bridgehead atoms. The van der Waals surface area contributed by atoms with E-state index in [0.29, 0.717) is 25.9 Å². The van der Waals surface area contributed by atoms with Crippen molar-refractivity contribution in [2.24, 2.45) is 29.6 Å². The number of nitrogens with zero attached hydrogens (tertiary/aromatic N) is 3. The maximum Gasteiger partial charge on any atom is 0.245 e. The Morgan fingerprint density at radius 2 is 1.61 bits per heavy atom. The van der Waals surface area contributed by atoms with Crippen molar-refractivity contribution in [3.8, 4) is 0 Å². The fraction of sp³-hybridized carbons (Fsp3) is 0.767. The molecule has 2 heterocycles. The van der Waals surface area contributed by atoms with Crippen LogP contribution in [0.3, 0.4) is 0 Å². The van der Waals surface area contributed by atoms with Crippen molar-refractivity contribution < 1.29 is 33.8 Å². The smallest absolute Gasteiger partial charge is 0.245 e. The molecule has 13 heteroatoms. The highest BCUT2D eigenvalue weighted by molar-refractivity contribution is 5.90. The molecule has 0 saturated carbocycles. The fourth-order valence-corrected chi connectivity index (χ4v) is 8.68. The standard InChI is InChI=1S/C43H74N6O7/c1-11-30(6)39(47(8)43(54)37(28(2)3)46-42(53)38(29(4)5)48-22-19-44-20-23-48)35(55-9)25-36(51)49-21-15-18-34(49)40(56-10)31(7)41(52)45-26-33(27-50)24-32-16-13-12-14-17-32/h12-14,16-17,28-31,33-35,37-40,44,50H,11,15,18-27H2,1-10H3,(H,45,52)(H,46,53)/t30-,31+,33?,34-,35?,37-,38-,39-,40+/m0/s1. The van der Waals surface area contributed by atoms with Crippen molar-refractivity contribution in [3.63, 3.8) is 0 Å². The number of nitrogens with one attached hydrogen (secondary N) is 3. The van der Waals surface area contributed by atoms with Crippen LogP contribution >= 0.6 is 0 Å². The van der Waals surface area contributed by atoms with Crippen LogP contribution < -0.4 is 16.0 Å². The first kappa shape index (κ1) is 47.3. The maximum absolute atomic E-state index is 14.4. The van der Waals surface area contributed by atoms with Crippen LogP contribution in [0.25, 0.3) is 0 Å². The maximum atomic E-state index is 14.4. The van der Waals surface area contributed by atoms with Gasteiger partial charge in [-0.1, -0.05) is 85.2 Å². The van der Waals surface area contributed by atoms with E-state index >= 15 is 0 Å². The lowest BCUT2D eigenvalue weighted by Gasteiger charge is -2.41. The average molecular weight is 787 g/mol. The van der Waals surface area contributed by atoms with Crippen molar-refractivity contribution >= 4 is 23.6 Å². The molecular weight excluding hydrogens is 713 g/mol. The summed E-state index contributed by atoms with van der Waals surface area (Å²) in [5, 5.41) is 19.5. The van der Waals surface area contributed by atoms with E-state index < -0.39 is 30.2 Å². The lowest BCUT2D eigenvalue weighted by molar-refractivity contribution is -0.148. The number of hydrogen-bond acceptors (Lipinski definition) is 9. The quantitative estimate of drug-likeness (QED) is 0.139. The van der Waals surface area contributed by atoms with E-state index in [0.717, 1.165) is 44.6 Å². The van der Waals surface area contributed by atoms with Gasteiger partial charge in [0.05, 0.1) is 42.7 Å². The Morgan fingerprint density at radius 1 is 0.946 bits per heavy atom. The van der Waals surface area contributed by atoms with Crippen molar-refractivity contribution in [1.29, 1.82) is 0 Å². The molecule has 2 unspecified atom stereocenters. The highest BCUT2D eigenvalue weighted by Gasteiger charge is 2.43. The summed E-state index contributed by atoms with van der Waals surface area (Å²) in [7, 11) is 4.92. The lowest BCUT2D eigenvalue weighted by Crippen LogP contribution is -2.61. The molecule has 2 aliphatic rings. The van der Waals surface area contributed by atoms with Gasteiger partial charge in [-0.3, -0.25) is 24.1 Å². The Labute approximate surface area is 337 Å². The molecule has 318 valence electrons. The third kappa shape index (κ3) is 12.7. The highest BCUT2D eigenvalue weighted by atomic mass is 16.5. The second kappa shape index (κ2) is 23.3. The van der Waals surface area contributed by atoms with Crippen LogP contribution in [0.1, 0.15) is 79.7 Å². The molecule has 4 N–H and O–H groups in total. The zero-order chi connectivity index (χ0) is 41.5. The molecule has 0 aromatic heterocycles. The number of benzene rings is 1. The number of methoxy groups -OCH3 is 2. The average Bonchev–Trinajstić information content (AvgIpc) is 3.68. The molecule has 4 amide bonds. The largest absolute Gasteiger partial charge is 0.396 e. The topological polar surface area (TPSA) is 153 Å². The number of aliphatic hydroxyl groups is 1. The van der Waals surface area contributed by atoms with Crippen LogP contribution in [-0.4, -0.2) is 147 Å². The van der Waals surface area contributed by atoms with E-state index in [9.17, 15) is 24.3 Å². The normalized spacial score (nSPS) is 20.8. The summed E-state index contributed by atoms with van der Waals surface area (Å²) >= 11 is 0. The SMILES string of the molecule is CC[C@H](C)[C@@H](C(CC(=O)N1CCC[C@H]1[C@H](OC)[C@@H](C)C(=O)NCC(CO)Cc1ccccc1)OC)N(C)C(=O)[C@@H](NC(=O)[C@H](C(C)C)N1CCNCC1)C(C)C. The molecule has 0 radical (unpaired) electrons. The third-order valence-electron chi connectivity index (χ3n) is 12.1. The Balaban J connectivity index is 1.73. The number of carbonyl (C=O) groups is 4. The van der Waals surface area contributed by atoms with Gasteiger partial charge in [-0.25, -0.2) is 0 Å². The first-order chi connectivity index (χ1) is 26.7. The van der Waals surface area contributed by atoms with Gasteiger partial charge in [0, 0.05) is 73.1 Å². The molecule has 0 spiro atoms. The van der Waals surface area contributed by atoms with Gasteiger partial charge >= 0.3 is 0 Å². The molecule has 56 heavy (non-hydrogen) atoms. The first-order valence-electron chi connectivity index (χ1n) is 21.0. The zero-order valence-corrected chi connectivity index (χ0v) is 36.0. The predicted octanol–water partition coefficient (Wildman–Crippen LogP) is 2.94. The Morgan fingerprint density at radius 3 is 2.16 bits per heavy atom. The van der Waals surface area contributed by atoms with Gasteiger partial charge < -0.3 is 40.3 Å². The minimum atomic E-state index is -0.750. The van der Waals surface area contributed by atoms with E-state index in [1.165, 1.54) is 0 Å². The van der Waals surface area contributed by atoms with Crippen molar-refractivity contribution in [1.82, 2.24) is 30.7 Å². The molecular formula is C43H74N6O7. The minimum absolute atomic E-state index is 0.0102. The van der Waals surface area contributed by atoms with Crippen molar-refractivity contribution in [2.75, 3.05) is 67.1 Å². The number of likely N-dealkylation sites (N-methyl/N-ethyl adjacent to an activating group) is 1. The first-order valence-corrected chi connectivity index (χ1v) is 21.0. The number of amides is 4. The summed E-state index contributed by atoms with van der Waals surface area (Å²) in [4.78, 5) is 61.7. The second-order valence-corrected chi connectivity index (χ2v) is 16.8. The van der Waals surface area contributed by atoms with E-state index in [2.05, 4.69) is 34.7 Å². The van der Waals surface area contributed by atoms with Crippen LogP contribution in [0, 0.1) is 29.6 Å². The Kier molecular flexibility index (Phi) is 19.7. The molecule has 3 rings (SSSR count). The van der Waals surface area contributed by atoms with Gasteiger partial charge in [0.1, 0.15) is 6.04 Å².